The van der Waals surface area contributed by atoms with E-state index < -0.39 is 0 Å². The van der Waals surface area contributed by atoms with Gasteiger partial charge in [0, 0.05) is 27.9 Å². The molecular weight excluding hydrogens is 415 g/mol. The van der Waals surface area contributed by atoms with E-state index in [-0.39, 0.29) is 24.2 Å². The molecule has 1 aliphatic heterocycles. The Hall–Kier alpha value is -1.89. The Morgan fingerprint density at radius 3 is 2.54 bits per heavy atom. The van der Waals surface area contributed by atoms with Crippen molar-refractivity contribution in [2.45, 2.75) is 20.3 Å². The molecule has 1 heterocycles. The SMILES string of the molecule is Cc1ccc(N2CC(C(=O)Nc3ccc(I)cc3C)CC2=O)cc1. The number of rotatable bonds is 3. The maximum atomic E-state index is 12.5. The smallest absolute Gasteiger partial charge is 0.229 e. The molecule has 2 amide bonds. The summed E-state index contributed by atoms with van der Waals surface area (Å²) in [4.78, 5) is 26.5. The molecule has 0 aromatic heterocycles. The molecule has 1 unspecified atom stereocenters. The lowest BCUT2D eigenvalue weighted by Crippen LogP contribution is -2.28. The Bertz CT molecular complexity index is 786. The van der Waals surface area contributed by atoms with Crippen LogP contribution in [0.2, 0.25) is 0 Å². The van der Waals surface area contributed by atoms with Crippen molar-refractivity contribution >= 4 is 45.8 Å². The third-order valence-electron chi connectivity index (χ3n) is 4.29. The highest BCUT2D eigenvalue weighted by Crippen LogP contribution is 2.27. The number of hydrogen-bond acceptors (Lipinski definition) is 2. The lowest BCUT2D eigenvalue weighted by atomic mass is 10.1. The van der Waals surface area contributed by atoms with Crippen LogP contribution in [-0.2, 0) is 9.59 Å². The highest BCUT2D eigenvalue weighted by atomic mass is 127. The zero-order valence-corrected chi connectivity index (χ0v) is 15.8. The summed E-state index contributed by atoms with van der Waals surface area (Å²) in [5.41, 5.74) is 3.83. The van der Waals surface area contributed by atoms with Crippen LogP contribution < -0.4 is 10.2 Å². The molecule has 1 fully saturated rings. The minimum absolute atomic E-state index is 0.00154. The summed E-state index contributed by atoms with van der Waals surface area (Å²) in [7, 11) is 0. The summed E-state index contributed by atoms with van der Waals surface area (Å²) in [5, 5.41) is 2.96. The molecule has 1 atom stereocenters. The van der Waals surface area contributed by atoms with Gasteiger partial charge in [0.1, 0.15) is 0 Å². The summed E-state index contributed by atoms with van der Waals surface area (Å²) in [5.74, 6) is -0.418. The zero-order valence-electron chi connectivity index (χ0n) is 13.7. The van der Waals surface area contributed by atoms with Gasteiger partial charge < -0.3 is 10.2 Å². The van der Waals surface area contributed by atoms with Crippen molar-refractivity contribution in [2.24, 2.45) is 5.92 Å². The molecule has 0 saturated carbocycles. The fourth-order valence-electron chi connectivity index (χ4n) is 2.86. The molecule has 124 valence electrons. The van der Waals surface area contributed by atoms with E-state index in [1.54, 1.807) is 4.90 Å². The minimum atomic E-state index is -0.322. The molecule has 0 aliphatic carbocycles. The van der Waals surface area contributed by atoms with Gasteiger partial charge in [-0.25, -0.2) is 0 Å². The van der Waals surface area contributed by atoms with Gasteiger partial charge in [0.15, 0.2) is 0 Å². The second-order valence-electron chi connectivity index (χ2n) is 6.19. The number of carbonyl (C=O) groups excluding carboxylic acids is 2. The number of anilines is 2. The number of nitrogens with one attached hydrogen (secondary N) is 1. The quantitative estimate of drug-likeness (QED) is 0.746. The number of aryl methyl sites for hydroxylation is 2. The summed E-state index contributed by atoms with van der Waals surface area (Å²) in [6.45, 7) is 4.41. The first-order valence-corrected chi connectivity index (χ1v) is 8.96. The summed E-state index contributed by atoms with van der Waals surface area (Å²) in [6.07, 6.45) is 0.253. The second kappa shape index (κ2) is 6.93. The van der Waals surface area contributed by atoms with E-state index in [4.69, 9.17) is 0 Å². The van der Waals surface area contributed by atoms with E-state index in [1.165, 1.54) is 0 Å². The van der Waals surface area contributed by atoms with Crippen molar-refractivity contribution in [3.63, 3.8) is 0 Å². The highest BCUT2D eigenvalue weighted by molar-refractivity contribution is 14.1. The van der Waals surface area contributed by atoms with Crippen LogP contribution in [-0.4, -0.2) is 18.4 Å². The van der Waals surface area contributed by atoms with Crippen LogP contribution in [0, 0.1) is 23.3 Å². The van der Waals surface area contributed by atoms with Crippen molar-refractivity contribution < 1.29 is 9.59 Å². The van der Waals surface area contributed by atoms with Crippen molar-refractivity contribution in [2.75, 3.05) is 16.8 Å². The average molecular weight is 434 g/mol. The number of halogens is 1. The maximum Gasteiger partial charge on any atom is 0.229 e. The van der Waals surface area contributed by atoms with Crippen LogP contribution in [0.15, 0.2) is 42.5 Å². The Morgan fingerprint density at radius 2 is 1.88 bits per heavy atom. The van der Waals surface area contributed by atoms with Crippen molar-refractivity contribution in [1.29, 1.82) is 0 Å². The zero-order chi connectivity index (χ0) is 17.3. The van der Waals surface area contributed by atoms with E-state index in [0.717, 1.165) is 26.1 Å². The number of carbonyl (C=O) groups is 2. The minimum Gasteiger partial charge on any atom is -0.326 e. The first-order chi connectivity index (χ1) is 11.4. The highest BCUT2D eigenvalue weighted by Gasteiger charge is 2.35. The molecule has 1 aliphatic rings. The second-order valence-corrected chi connectivity index (χ2v) is 7.44. The van der Waals surface area contributed by atoms with E-state index in [0.29, 0.717) is 6.54 Å². The van der Waals surface area contributed by atoms with Crippen LogP contribution in [0.1, 0.15) is 17.5 Å². The Kier molecular flexibility index (Phi) is 4.89. The fraction of sp³-hybridized carbons (Fsp3) is 0.263. The van der Waals surface area contributed by atoms with Gasteiger partial charge in [-0.05, 0) is 72.3 Å². The Morgan fingerprint density at radius 1 is 1.17 bits per heavy atom. The van der Waals surface area contributed by atoms with Crippen molar-refractivity contribution in [1.82, 2.24) is 0 Å². The maximum absolute atomic E-state index is 12.5. The molecule has 4 nitrogen and oxygen atoms in total. The number of hydrogen-bond donors (Lipinski definition) is 1. The predicted molar refractivity (Wildman–Crippen MR) is 104 cm³/mol. The van der Waals surface area contributed by atoms with Gasteiger partial charge in [-0.1, -0.05) is 17.7 Å². The van der Waals surface area contributed by atoms with Crippen molar-refractivity contribution in [3.05, 3.63) is 57.2 Å². The average Bonchev–Trinajstić information content (AvgIpc) is 2.93. The lowest BCUT2D eigenvalue weighted by molar-refractivity contribution is -0.122. The topological polar surface area (TPSA) is 49.4 Å². The molecule has 0 spiro atoms. The van der Waals surface area contributed by atoms with Gasteiger partial charge >= 0.3 is 0 Å². The van der Waals surface area contributed by atoms with Crippen LogP contribution >= 0.6 is 22.6 Å². The summed E-state index contributed by atoms with van der Waals surface area (Å²) in [6, 6.07) is 13.7. The van der Waals surface area contributed by atoms with Gasteiger partial charge in [-0.3, -0.25) is 9.59 Å². The Balaban J connectivity index is 1.70. The van der Waals surface area contributed by atoms with Gasteiger partial charge in [0.2, 0.25) is 11.8 Å². The molecule has 24 heavy (non-hydrogen) atoms. The monoisotopic (exact) mass is 434 g/mol. The van der Waals surface area contributed by atoms with Crippen LogP contribution in [0.25, 0.3) is 0 Å². The van der Waals surface area contributed by atoms with Gasteiger partial charge in [-0.15, -0.1) is 0 Å². The predicted octanol–water partition coefficient (Wildman–Crippen LogP) is 3.90. The van der Waals surface area contributed by atoms with Crippen molar-refractivity contribution in [3.8, 4) is 0 Å². The molecule has 2 aromatic carbocycles. The first-order valence-electron chi connectivity index (χ1n) is 7.88. The number of amides is 2. The summed E-state index contributed by atoms with van der Waals surface area (Å²) >= 11 is 2.24. The fourth-order valence-corrected chi connectivity index (χ4v) is 3.51. The van der Waals surface area contributed by atoms with Gasteiger partial charge in [0.25, 0.3) is 0 Å². The molecule has 5 heteroatoms. The van der Waals surface area contributed by atoms with Gasteiger partial charge in [0.05, 0.1) is 5.92 Å². The third kappa shape index (κ3) is 3.61. The van der Waals surface area contributed by atoms with Gasteiger partial charge in [-0.2, -0.15) is 0 Å². The lowest BCUT2D eigenvalue weighted by Gasteiger charge is -2.17. The number of benzene rings is 2. The van der Waals surface area contributed by atoms with Crippen LogP contribution in [0.5, 0.6) is 0 Å². The molecule has 0 bridgehead atoms. The molecule has 0 radical (unpaired) electrons. The molecular formula is C19H19IN2O2. The van der Waals surface area contributed by atoms with E-state index in [9.17, 15) is 9.59 Å². The third-order valence-corrected chi connectivity index (χ3v) is 4.96. The molecule has 1 N–H and O–H groups in total. The van der Waals surface area contributed by atoms with Crippen LogP contribution in [0.4, 0.5) is 11.4 Å². The molecule has 2 aromatic rings. The van der Waals surface area contributed by atoms with E-state index in [2.05, 4.69) is 27.9 Å². The first kappa shape index (κ1) is 17.0. The van der Waals surface area contributed by atoms with E-state index >= 15 is 0 Å². The largest absolute Gasteiger partial charge is 0.326 e. The number of nitrogens with zero attached hydrogens (tertiary/aromatic N) is 1. The van der Waals surface area contributed by atoms with Crippen LogP contribution in [0.3, 0.4) is 0 Å². The summed E-state index contributed by atoms with van der Waals surface area (Å²) < 4.78 is 1.13. The normalized spacial score (nSPS) is 17.2. The molecule has 3 rings (SSSR count). The standard InChI is InChI=1S/C19H19IN2O2/c1-12-3-6-16(7-4-12)22-11-14(10-18(22)23)19(24)21-17-8-5-15(20)9-13(17)2/h3-9,14H,10-11H2,1-2H3,(H,21,24). The Labute approximate surface area is 155 Å². The molecule has 1 saturated heterocycles. The van der Waals surface area contributed by atoms with E-state index in [1.807, 2.05) is 56.3 Å².